The van der Waals surface area contributed by atoms with Crippen molar-refractivity contribution < 1.29 is 9.47 Å². The van der Waals surface area contributed by atoms with E-state index in [1.165, 1.54) is 5.56 Å². The molecule has 0 saturated heterocycles. The van der Waals surface area contributed by atoms with Gasteiger partial charge in [0, 0.05) is 7.11 Å². The number of rotatable bonds is 6. The predicted molar refractivity (Wildman–Crippen MR) is 62.3 cm³/mol. The SMILES string of the molecule is COC/C=C/CCOc1cccc(C)c1. The van der Waals surface area contributed by atoms with Crippen molar-refractivity contribution in [2.75, 3.05) is 20.3 Å². The van der Waals surface area contributed by atoms with Gasteiger partial charge in [-0.2, -0.15) is 0 Å². The molecule has 0 unspecified atom stereocenters. The lowest BCUT2D eigenvalue weighted by Gasteiger charge is -2.04. The van der Waals surface area contributed by atoms with Crippen LogP contribution in [0.4, 0.5) is 0 Å². The molecular weight excluding hydrogens is 188 g/mol. The average Bonchev–Trinajstić information content (AvgIpc) is 2.23. The van der Waals surface area contributed by atoms with Gasteiger partial charge in [0.1, 0.15) is 5.75 Å². The first kappa shape index (κ1) is 11.8. The number of benzene rings is 1. The van der Waals surface area contributed by atoms with E-state index in [0.29, 0.717) is 13.2 Å². The summed E-state index contributed by atoms with van der Waals surface area (Å²) in [5.41, 5.74) is 1.22. The Morgan fingerprint density at radius 1 is 1.27 bits per heavy atom. The monoisotopic (exact) mass is 206 g/mol. The molecule has 0 bridgehead atoms. The van der Waals surface area contributed by atoms with Crippen molar-refractivity contribution >= 4 is 0 Å². The predicted octanol–water partition coefficient (Wildman–Crippen LogP) is 2.97. The van der Waals surface area contributed by atoms with E-state index in [1.54, 1.807) is 7.11 Å². The van der Waals surface area contributed by atoms with Gasteiger partial charge in [-0.05, 0) is 31.0 Å². The topological polar surface area (TPSA) is 18.5 Å². The Morgan fingerprint density at radius 2 is 2.13 bits per heavy atom. The van der Waals surface area contributed by atoms with Gasteiger partial charge < -0.3 is 9.47 Å². The first-order valence-corrected chi connectivity index (χ1v) is 5.16. The minimum Gasteiger partial charge on any atom is -0.493 e. The highest BCUT2D eigenvalue weighted by atomic mass is 16.5. The number of aryl methyl sites for hydroxylation is 1. The van der Waals surface area contributed by atoms with Crippen LogP contribution in [0.3, 0.4) is 0 Å². The zero-order valence-electron chi connectivity index (χ0n) is 9.40. The Hall–Kier alpha value is -1.28. The van der Waals surface area contributed by atoms with Crippen LogP contribution in [-0.4, -0.2) is 20.3 Å². The fourth-order valence-corrected chi connectivity index (χ4v) is 1.23. The van der Waals surface area contributed by atoms with Crippen LogP contribution in [0.2, 0.25) is 0 Å². The fourth-order valence-electron chi connectivity index (χ4n) is 1.23. The molecule has 0 heterocycles. The highest BCUT2D eigenvalue weighted by Gasteiger charge is 1.91. The van der Waals surface area contributed by atoms with Crippen LogP contribution in [0.25, 0.3) is 0 Å². The summed E-state index contributed by atoms with van der Waals surface area (Å²) < 4.78 is 10.5. The zero-order valence-corrected chi connectivity index (χ0v) is 9.40. The van der Waals surface area contributed by atoms with Crippen LogP contribution in [0.15, 0.2) is 36.4 Å². The smallest absolute Gasteiger partial charge is 0.119 e. The van der Waals surface area contributed by atoms with Crippen LogP contribution in [0.1, 0.15) is 12.0 Å². The van der Waals surface area contributed by atoms with Crippen molar-refractivity contribution in [3.63, 3.8) is 0 Å². The molecule has 0 aliphatic heterocycles. The van der Waals surface area contributed by atoms with Crippen LogP contribution >= 0.6 is 0 Å². The van der Waals surface area contributed by atoms with E-state index in [-0.39, 0.29) is 0 Å². The van der Waals surface area contributed by atoms with Gasteiger partial charge in [0.05, 0.1) is 13.2 Å². The standard InChI is InChI=1S/C13H18O2/c1-12-7-6-8-13(11-12)15-10-5-3-4-9-14-2/h3-4,6-8,11H,5,9-10H2,1-2H3/b4-3+. The Labute approximate surface area is 91.5 Å². The highest BCUT2D eigenvalue weighted by Crippen LogP contribution is 2.12. The van der Waals surface area contributed by atoms with Crippen LogP contribution in [0, 0.1) is 6.92 Å². The minimum absolute atomic E-state index is 0.671. The van der Waals surface area contributed by atoms with E-state index in [0.717, 1.165) is 12.2 Å². The number of hydrogen-bond acceptors (Lipinski definition) is 2. The Morgan fingerprint density at radius 3 is 2.87 bits per heavy atom. The van der Waals surface area contributed by atoms with Crippen molar-refractivity contribution in [2.45, 2.75) is 13.3 Å². The summed E-state index contributed by atoms with van der Waals surface area (Å²) in [4.78, 5) is 0. The maximum Gasteiger partial charge on any atom is 0.119 e. The summed E-state index contributed by atoms with van der Waals surface area (Å²) >= 11 is 0. The second kappa shape index (κ2) is 7.07. The first-order chi connectivity index (χ1) is 7.33. The summed E-state index contributed by atoms with van der Waals surface area (Å²) in [6.07, 6.45) is 4.98. The second-order valence-electron chi connectivity index (χ2n) is 3.38. The normalized spacial score (nSPS) is 10.8. The Balaban J connectivity index is 2.20. The van der Waals surface area contributed by atoms with Gasteiger partial charge in [0.15, 0.2) is 0 Å². The summed E-state index contributed by atoms with van der Waals surface area (Å²) in [7, 11) is 1.69. The molecule has 2 nitrogen and oxygen atoms in total. The maximum absolute atomic E-state index is 5.57. The van der Waals surface area contributed by atoms with Crippen LogP contribution < -0.4 is 4.74 Å². The lowest BCUT2D eigenvalue weighted by Crippen LogP contribution is -1.95. The molecule has 0 radical (unpaired) electrons. The number of methoxy groups -OCH3 is 1. The molecule has 0 atom stereocenters. The molecule has 0 aromatic heterocycles. The molecule has 0 saturated carbocycles. The Kier molecular flexibility index (Phi) is 5.56. The lowest BCUT2D eigenvalue weighted by molar-refractivity contribution is 0.233. The van der Waals surface area contributed by atoms with E-state index >= 15 is 0 Å². The molecular formula is C13H18O2. The van der Waals surface area contributed by atoms with Gasteiger partial charge in [-0.15, -0.1) is 0 Å². The van der Waals surface area contributed by atoms with Gasteiger partial charge in [-0.3, -0.25) is 0 Å². The second-order valence-corrected chi connectivity index (χ2v) is 3.38. The van der Waals surface area contributed by atoms with Gasteiger partial charge in [-0.1, -0.05) is 24.3 Å². The third-order valence-electron chi connectivity index (χ3n) is 1.97. The van der Waals surface area contributed by atoms with Crippen LogP contribution in [0.5, 0.6) is 5.75 Å². The summed E-state index contributed by atoms with van der Waals surface area (Å²) in [5.74, 6) is 0.940. The summed E-state index contributed by atoms with van der Waals surface area (Å²) in [5, 5.41) is 0. The molecule has 1 rings (SSSR count). The maximum atomic E-state index is 5.57. The molecule has 82 valence electrons. The number of ether oxygens (including phenoxy) is 2. The van der Waals surface area contributed by atoms with Gasteiger partial charge in [0.2, 0.25) is 0 Å². The molecule has 2 heteroatoms. The van der Waals surface area contributed by atoms with E-state index in [2.05, 4.69) is 19.1 Å². The molecule has 1 aromatic carbocycles. The highest BCUT2D eigenvalue weighted by molar-refractivity contribution is 5.27. The van der Waals surface area contributed by atoms with E-state index in [4.69, 9.17) is 9.47 Å². The van der Waals surface area contributed by atoms with Gasteiger partial charge in [0.25, 0.3) is 0 Å². The Bertz CT molecular complexity index is 305. The molecule has 0 spiro atoms. The molecule has 0 N–H and O–H groups in total. The van der Waals surface area contributed by atoms with E-state index < -0.39 is 0 Å². The number of hydrogen-bond donors (Lipinski definition) is 0. The molecule has 1 aromatic rings. The average molecular weight is 206 g/mol. The fraction of sp³-hybridized carbons (Fsp3) is 0.385. The van der Waals surface area contributed by atoms with E-state index in [1.807, 2.05) is 24.3 Å². The summed E-state index contributed by atoms with van der Waals surface area (Å²) in [6.45, 7) is 3.44. The third-order valence-corrected chi connectivity index (χ3v) is 1.97. The van der Waals surface area contributed by atoms with Crippen molar-refractivity contribution in [1.82, 2.24) is 0 Å². The van der Waals surface area contributed by atoms with Crippen molar-refractivity contribution in [2.24, 2.45) is 0 Å². The van der Waals surface area contributed by atoms with Crippen LogP contribution in [-0.2, 0) is 4.74 Å². The largest absolute Gasteiger partial charge is 0.493 e. The van der Waals surface area contributed by atoms with Crippen molar-refractivity contribution in [3.05, 3.63) is 42.0 Å². The van der Waals surface area contributed by atoms with Crippen molar-refractivity contribution in [1.29, 1.82) is 0 Å². The van der Waals surface area contributed by atoms with Crippen molar-refractivity contribution in [3.8, 4) is 5.75 Å². The molecule has 0 aliphatic rings. The molecule has 15 heavy (non-hydrogen) atoms. The molecule has 0 fully saturated rings. The summed E-state index contributed by atoms with van der Waals surface area (Å²) in [6, 6.07) is 8.08. The minimum atomic E-state index is 0.671. The third kappa shape index (κ3) is 5.23. The van der Waals surface area contributed by atoms with Gasteiger partial charge >= 0.3 is 0 Å². The molecule has 0 aliphatic carbocycles. The van der Waals surface area contributed by atoms with E-state index in [9.17, 15) is 0 Å². The zero-order chi connectivity index (χ0) is 10.9. The first-order valence-electron chi connectivity index (χ1n) is 5.16. The quantitative estimate of drug-likeness (QED) is 0.526. The lowest BCUT2D eigenvalue weighted by atomic mass is 10.2. The molecule has 0 amide bonds. The van der Waals surface area contributed by atoms with Gasteiger partial charge in [-0.25, -0.2) is 0 Å².